The van der Waals surface area contributed by atoms with E-state index in [0.29, 0.717) is 0 Å². The molecule has 1 atom stereocenters. The Balaban J connectivity index is 2.77. The Labute approximate surface area is 71.1 Å². The maximum absolute atomic E-state index is 11.0. The standard InChI is InChI=1S/C8H12N2O2/c1-6-4-5-10(9-6)7(2)8(11)12-3/h4-5,7H,1-3H3/t7-/m0/s1. The summed E-state index contributed by atoms with van der Waals surface area (Å²) in [5.41, 5.74) is 0.894. The van der Waals surface area contributed by atoms with Gasteiger partial charge in [-0.2, -0.15) is 5.10 Å². The highest BCUT2D eigenvalue weighted by Gasteiger charge is 2.14. The van der Waals surface area contributed by atoms with Crippen molar-refractivity contribution in [3.63, 3.8) is 0 Å². The number of nitrogens with zero attached hydrogens (tertiary/aromatic N) is 2. The maximum atomic E-state index is 11.0. The summed E-state index contributed by atoms with van der Waals surface area (Å²) in [6.45, 7) is 3.62. The molecule has 0 aliphatic rings. The molecule has 1 rings (SSSR count). The minimum Gasteiger partial charge on any atom is -0.467 e. The van der Waals surface area contributed by atoms with E-state index in [0.717, 1.165) is 5.69 Å². The number of methoxy groups -OCH3 is 1. The molecule has 4 heteroatoms. The zero-order valence-electron chi connectivity index (χ0n) is 7.44. The second-order valence-corrected chi connectivity index (χ2v) is 2.64. The third-order valence-electron chi connectivity index (χ3n) is 1.68. The van der Waals surface area contributed by atoms with Gasteiger partial charge in [0.05, 0.1) is 12.8 Å². The van der Waals surface area contributed by atoms with E-state index >= 15 is 0 Å². The summed E-state index contributed by atoms with van der Waals surface area (Å²) in [6.07, 6.45) is 1.76. The van der Waals surface area contributed by atoms with Crippen LogP contribution in [-0.2, 0) is 9.53 Å². The molecule has 0 fully saturated rings. The molecule has 1 aromatic heterocycles. The van der Waals surface area contributed by atoms with E-state index in [1.54, 1.807) is 17.8 Å². The summed E-state index contributed by atoms with van der Waals surface area (Å²) >= 11 is 0. The van der Waals surface area contributed by atoms with E-state index in [-0.39, 0.29) is 12.0 Å². The number of ether oxygens (including phenoxy) is 1. The monoisotopic (exact) mass is 168 g/mol. The molecule has 0 saturated heterocycles. The Bertz CT molecular complexity index is 280. The van der Waals surface area contributed by atoms with Crippen LogP contribution in [0.5, 0.6) is 0 Å². The van der Waals surface area contributed by atoms with Gasteiger partial charge < -0.3 is 4.74 Å². The summed E-state index contributed by atoms with van der Waals surface area (Å²) in [6, 6.07) is 1.50. The topological polar surface area (TPSA) is 44.1 Å². The van der Waals surface area contributed by atoms with Gasteiger partial charge in [0.25, 0.3) is 0 Å². The smallest absolute Gasteiger partial charge is 0.330 e. The van der Waals surface area contributed by atoms with Gasteiger partial charge in [0.1, 0.15) is 6.04 Å². The predicted octanol–water partition coefficient (Wildman–Crippen LogP) is 0.926. The summed E-state index contributed by atoms with van der Waals surface area (Å²) in [4.78, 5) is 11.0. The van der Waals surface area contributed by atoms with Crippen LogP contribution in [0.2, 0.25) is 0 Å². The molecule has 0 aliphatic heterocycles. The quantitative estimate of drug-likeness (QED) is 0.617. The molecule has 0 saturated carbocycles. The summed E-state index contributed by atoms with van der Waals surface area (Å²) in [7, 11) is 1.37. The van der Waals surface area contributed by atoms with Crippen molar-refractivity contribution in [3.05, 3.63) is 18.0 Å². The Hall–Kier alpha value is -1.32. The van der Waals surface area contributed by atoms with Gasteiger partial charge in [-0.15, -0.1) is 0 Å². The fraction of sp³-hybridized carbons (Fsp3) is 0.500. The summed E-state index contributed by atoms with van der Waals surface area (Å²) in [5.74, 6) is -0.280. The average molecular weight is 168 g/mol. The van der Waals surface area contributed by atoms with Crippen LogP contribution in [0.25, 0.3) is 0 Å². The van der Waals surface area contributed by atoms with Crippen molar-refractivity contribution in [2.24, 2.45) is 0 Å². The lowest BCUT2D eigenvalue weighted by Gasteiger charge is -2.08. The molecule has 4 nitrogen and oxygen atoms in total. The second kappa shape index (κ2) is 3.38. The first kappa shape index (κ1) is 8.77. The lowest BCUT2D eigenvalue weighted by atomic mass is 10.3. The number of carbonyl (C=O) groups excluding carboxylic acids is 1. The third-order valence-corrected chi connectivity index (χ3v) is 1.68. The number of carbonyl (C=O) groups is 1. The number of aryl methyl sites for hydroxylation is 1. The first-order valence-electron chi connectivity index (χ1n) is 3.74. The molecule has 12 heavy (non-hydrogen) atoms. The van der Waals surface area contributed by atoms with Crippen molar-refractivity contribution in [3.8, 4) is 0 Å². The van der Waals surface area contributed by atoms with Gasteiger partial charge in [0, 0.05) is 6.20 Å². The van der Waals surface area contributed by atoms with E-state index in [9.17, 15) is 4.79 Å². The lowest BCUT2D eigenvalue weighted by Crippen LogP contribution is -2.18. The van der Waals surface area contributed by atoms with Crippen LogP contribution in [0, 0.1) is 6.92 Å². The molecule has 1 heterocycles. The number of aromatic nitrogens is 2. The van der Waals surface area contributed by atoms with Gasteiger partial charge in [0.15, 0.2) is 0 Å². The number of rotatable bonds is 2. The summed E-state index contributed by atoms with van der Waals surface area (Å²) in [5, 5.41) is 4.10. The first-order chi connectivity index (χ1) is 5.65. The van der Waals surface area contributed by atoms with Crippen molar-refractivity contribution in [1.82, 2.24) is 9.78 Å². The molecule has 0 aliphatic carbocycles. The van der Waals surface area contributed by atoms with Crippen LogP contribution in [0.15, 0.2) is 12.3 Å². The Morgan fingerprint density at radius 3 is 2.83 bits per heavy atom. The van der Waals surface area contributed by atoms with Crippen LogP contribution in [-0.4, -0.2) is 22.9 Å². The minimum atomic E-state index is -0.344. The number of hydrogen-bond acceptors (Lipinski definition) is 3. The second-order valence-electron chi connectivity index (χ2n) is 2.64. The highest BCUT2D eigenvalue weighted by Crippen LogP contribution is 2.06. The largest absolute Gasteiger partial charge is 0.467 e. The van der Waals surface area contributed by atoms with E-state index in [2.05, 4.69) is 9.84 Å². The van der Waals surface area contributed by atoms with Gasteiger partial charge in [-0.05, 0) is 19.9 Å². The van der Waals surface area contributed by atoms with Crippen molar-refractivity contribution in [2.45, 2.75) is 19.9 Å². The third kappa shape index (κ3) is 1.64. The lowest BCUT2D eigenvalue weighted by molar-refractivity contribution is -0.144. The highest BCUT2D eigenvalue weighted by molar-refractivity contribution is 5.73. The first-order valence-corrected chi connectivity index (χ1v) is 3.74. The number of hydrogen-bond donors (Lipinski definition) is 0. The van der Waals surface area contributed by atoms with Crippen LogP contribution in [0.4, 0.5) is 0 Å². The zero-order valence-corrected chi connectivity index (χ0v) is 7.44. The van der Waals surface area contributed by atoms with Gasteiger partial charge in [-0.25, -0.2) is 4.79 Å². The van der Waals surface area contributed by atoms with E-state index in [1.807, 2.05) is 13.0 Å². The van der Waals surface area contributed by atoms with Crippen molar-refractivity contribution in [1.29, 1.82) is 0 Å². The highest BCUT2D eigenvalue weighted by atomic mass is 16.5. The normalized spacial score (nSPS) is 12.6. The summed E-state index contributed by atoms with van der Waals surface area (Å²) < 4.78 is 6.16. The molecular weight excluding hydrogens is 156 g/mol. The van der Waals surface area contributed by atoms with Crippen molar-refractivity contribution >= 4 is 5.97 Å². The average Bonchev–Trinajstić information content (AvgIpc) is 2.49. The van der Waals surface area contributed by atoms with Gasteiger partial charge >= 0.3 is 5.97 Å². The Morgan fingerprint density at radius 1 is 1.75 bits per heavy atom. The van der Waals surface area contributed by atoms with Crippen molar-refractivity contribution in [2.75, 3.05) is 7.11 Å². The van der Waals surface area contributed by atoms with Crippen LogP contribution >= 0.6 is 0 Å². The molecule has 0 radical (unpaired) electrons. The van der Waals surface area contributed by atoms with Crippen molar-refractivity contribution < 1.29 is 9.53 Å². The SMILES string of the molecule is COC(=O)[C@H](C)n1ccc(C)n1. The van der Waals surface area contributed by atoms with E-state index in [1.165, 1.54) is 7.11 Å². The fourth-order valence-corrected chi connectivity index (χ4v) is 0.927. The molecule has 0 amide bonds. The van der Waals surface area contributed by atoms with Gasteiger partial charge in [-0.1, -0.05) is 0 Å². The van der Waals surface area contributed by atoms with E-state index in [4.69, 9.17) is 0 Å². The van der Waals surface area contributed by atoms with Crippen LogP contribution in [0.1, 0.15) is 18.7 Å². The van der Waals surface area contributed by atoms with Crippen LogP contribution < -0.4 is 0 Å². The Morgan fingerprint density at radius 2 is 2.42 bits per heavy atom. The maximum Gasteiger partial charge on any atom is 0.330 e. The molecule has 0 aromatic carbocycles. The van der Waals surface area contributed by atoms with Gasteiger partial charge in [0.2, 0.25) is 0 Å². The van der Waals surface area contributed by atoms with Crippen LogP contribution in [0.3, 0.4) is 0 Å². The molecule has 0 spiro atoms. The fourth-order valence-electron chi connectivity index (χ4n) is 0.927. The van der Waals surface area contributed by atoms with Gasteiger partial charge in [-0.3, -0.25) is 4.68 Å². The molecule has 0 N–H and O–H groups in total. The molecular formula is C8H12N2O2. The van der Waals surface area contributed by atoms with E-state index < -0.39 is 0 Å². The molecule has 0 bridgehead atoms. The molecule has 66 valence electrons. The molecule has 0 unspecified atom stereocenters. The number of esters is 1. The molecule has 1 aromatic rings. The Kier molecular flexibility index (Phi) is 2.47. The minimum absolute atomic E-state index is 0.280. The zero-order chi connectivity index (χ0) is 9.14. The predicted molar refractivity (Wildman–Crippen MR) is 43.7 cm³/mol.